The summed E-state index contributed by atoms with van der Waals surface area (Å²) in [6, 6.07) is 2.06. The van der Waals surface area contributed by atoms with Gasteiger partial charge in [-0.3, -0.25) is 4.21 Å². The molecule has 1 saturated heterocycles. The Hall–Kier alpha value is -1.01. The van der Waals surface area contributed by atoms with Gasteiger partial charge in [0.05, 0.1) is 5.39 Å². The second kappa shape index (κ2) is 4.10. The molecule has 2 aromatic rings. The van der Waals surface area contributed by atoms with Crippen molar-refractivity contribution in [2.75, 3.05) is 29.5 Å². The molecule has 2 aromatic heterocycles. The molecule has 6 heteroatoms. The molecule has 0 bridgehead atoms. The van der Waals surface area contributed by atoms with E-state index in [-0.39, 0.29) is 0 Å². The van der Waals surface area contributed by atoms with Crippen molar-refractivity contribution in [1.29, 1.82) is 0 Å². The van der Waals surface area contributed by atoms with Crippen molar-refractivity contribution < 1.29 is 4.21 Å². The number of hydrogen-bond donors (Lipinski definition) is 0. The van der Waals surface area contributed by atoms with Crippen LogP contribution < -0.4 is 4.90 Å². The third kappa shape index (κ3) is 1.72. The highest BCUT2D eigenvalue weighted by Crippen LogP contribution is 2.27. The summed E-state index contributed by atoms with van der Waals surface area (Å²) >= 11 is 1.63. The number of hydrogen-bond acceptors (Lipinski definition) is 5. The summed E-state index contributed by atoms with van der Waals surface area (Å²) in [5, 5.41) is 3.14. The van der Waals surface area contributed by atoms with Gasteiger partial charge in [-0.25, -0.2) is 9.97 Å². The highest BCUT2D eigenvalue weighted by atomic mass is 32.2. The monoisotopic (exact) mass is 253 g/mol. The van der Waals surface area contributed by atoms with Crippen LogP contribution in [0.25, 0.3) is 10.2 Å². The maximum Gasteiger partial charge on any atom is 0.140 e. The maximum absolute atomic E-state index is 11.3. The first-order valence-corrected chi connectivity index (χ1v) is 7.49. The van der Waals surface area contributed by atoms with Crippen molar-refractivity contribution in [1.82, 2.24) is 9.97 Å². The van der Waals surface area contributed by atoms with Crippen LogP contribution in [-0.2, 0) is 10.8 Å². The molecule has 0 aliphatic carbocycles. The van der Waals surface area contributed by atoms with Gasteiger partial charge in [0.2, 0.25) is 0 Å². The quantitative estimate of drug-likeness (QED) is 0.767. The zero-order valence-electron chi connectivity index (χ0n) is 8.63. The predicted octanol–water partition coefficient (Wildman–Crippen LogP) is 1.26. The number of nitrogens with zero attached hydrogens (tertiary/aromatic N) is 3. The van der Waals surface area contributed by atoms with Crippen LogP contribution in [-0.4, -0.2) is 38.8 Å². The van der Waals surface area contributed by atoms with E-state index in [0.717, 1.165) is 40.6 Å². The standard InChI is InChI=1S/C10H11N3OS2/c14-16-5-2-13(3-6-16)9-8-1-4-15-10(8)12-7-11-9/h1,4,7H,2-3,5-6H2. The SMILES string of the molecule is O=S1CCN(c2ncnc3sccc23)CC1. The molecule has 1 fully saturated rings. The van der Waals surface area contributed by atoms with Crippen molar-refractivity contribution in [3.05, 3.63) is 17.8 Å². The fraction of sp³-hybridized carbons (Fsp3) is 0.400. The number of fused-ring (bicyclic) bond motifs is 1. The minimum Gasteiger partial charge on any atom is -0.354 e. The maximum atomic E-state index is 11.3. The van der Waals surface area contributed by atoms with Crippen molar-refractivity contribution in [2.45, 2.75) is 0 Å². The van der Waals surface area contributed by atoms with Gasteiger partial charge in [-0.05, 0) is 11.4 Å². The van der Waals surface area contributed by atoms with Crippen molar-refractivity contribution in [3.8, 4) is 0 Å². The third-order valence-corrected chi connectivity index (χ3v) is 4.81. The molecule has 0 unspecified atom stereocenters. The van der Waals surface area contributed by atoms with Gasteiger partial charge < -0.3 is 4.90 Å². The number of rotatable bonds is 1. The van der Waals surface area contributed by atoms with E-state index < -0.39 is 10.8 Å². The van der Waals surface area contributed by atoms with Crippen LogP contribution >= 0.6 is 11.3 Å². The van der Waals surface area contributed by atoms with Crippen LogP contribution in [0.3, 0.4) is 0 Å². The van der Waals surface area contributed by atoms with Gasteiger partial charge in [0.1, 0.15) is 17.0 Å². The molecule has 0 aromatic carbocycles. The van der Waals surface area contributed by atoms with Crippen LogP contribution in [0.15, 0.2) is 17.8 Å². The zero-order valence-corrected chi connectivity index (χ0v) is 10.3. The molecule has 0 saturated carbocycles. The summed E-state index contributed by atoms with van der Waals surface area (Å²) < 4.78 is 11.3. The highest BCUT2D eigenvalue weighted by molar-refractivity contribution is 7.85. The fourth-order valence-corrected chi connectivity index (χ4v) is 3.66. The molecule has 3 heterocycles. The van der Waals surface area contributed by atoms with E-state index in [1.54, 1.807) is 17.7 Å². The summed E-state index contributed by atoms with van der Waals surface area (Å²) in [5.74, 6) is 2.48. The smallest absolute Gasteiger partial charge is 0.140 e. The number of thiophene rings is 1. The van der Waals surface area contributed by atoms with Crippen molar-refractivity contribution >= 4 is 38.2 Å². The molecule has 0 N–H and O–H groups in total. The lowest BCUT2D eigenvalue weighted by Gasteiger charge is -2.27. The summed E-state index contributed by atoms with van der Waals surface area (Å²) in [7, 11) is -0.641. The molecule has 0 atom stereocenters. The van der Waals surface area contributed by atoms with Gasteiger partial charge >= 0.3 is 0 Å². The first-order chi connectivity index (χ1) is 7.84. The van der Waals surface area contributed by atoms with Crippen LogP contribution in [0.1, 0.15) is 0 Å². The first kappa shape index (κ1) is 10.2. The number of anilines is 1. The fourth-order valence-electron chi connectivity index (χ4n) is 1.88. The molecule has 1 aliphatic heterocycles. The van der Waals surface area contributed by atoms with Crippen molar-refractivity contribution in [2.24, 2.45) is 0 Å². The molecule has 0 spiro atoms. The minimum absolute atomic E-state index is 0.641. The molecule has 0 amide bonds. The van der Waals surface area contributed by atoms with E-state index >= 15 is 0 Å². The van der Waals surface area contributed by atoms with E-state index in [4.69, 9.17) is 0 Å². The molecule has 1 aliphatic rings. The van der Waals surface area contributed by atoms with Crippen LogP contribution in [0.4, 0.5) is 5.82 Å². The van der Waals surface area contributed by atoms with Gasteiger partial charge in [0, 0.05) is 35.4 Å². The second-order valence-electron chi connectivity index (χ2n) is 3.67. The predicted molar refractivity (Wildman–Crippen MR) is 67.5 cm³/mol. The molecule has 16 heavy (non-hydrogen) atoms. The average Bonchev–Trinajstić information content (AvgIpc) is 2.78. The van der Waals surface area contributed by atoms with E-state index in [2.05, 4.69) is 20.9 Å². The van der Waals surface area contributed by atoms with Crippen LogP contribution in [0.5, 0.6) is 0 Å². The average molecular weight is 253 g/mol. The summed E-state index contributed by atoms with van der Waals surface area (Å²) in [5.41, 5.74) is 0. The Labute approximate surface area is 99.8 Å². The van der Waals surface area contributed by atoms with E-state index in [0.29, 0.717) is 0 Å². The molecular formula is C10H11N3OS2. The van der Waals surface area contributed by atoms with E-state index in [1.807, 2.05) is 5.38 Å². The molecular weight excluding hydrogens is 242 g/mol. The van der Waals surface area contributed by atoms with Gasteiger partial charge in [0.15, 0.2) is 0 Å². The summed E-state index contributed by atoms with van der Waals surface area (Å²) in [6.07, 6.45) is 1.61. The lowest BCUT2D eigenvalue weighted by molar-refractivity contribution is 0.672. The Morgan fingerprint density at radius 3 is 2.94 bits per heavy atom. The molecule has 84 valence electrons. The Morgan fingerprint density at radius 2 is 2.12 bits per heavy atom. The lowest BCUT2D eigenvalue weighted by Crippen LogP contribution is -2.38. The van der Waals surface area contributed by atoms with Gasteiger partial charge in [-0.2, -0.15) is 0 Å². The van der Waals surface area contributed by atoms with Gasteiger partial charge in [-0.15, -0.1) is 11.3 Å². The molecule has 4 nitrogen and oxygen atoms in total. The van der Waals surface area contributed by atoms with Gasteiger partial charge in [-0.1, -0.05) is 0 Å². The number of aromatic nitrogens is 2. The third-order valence-electron chi connectivity index (χ3n) is 2.72. The molecule has 0 radical (unpaired) electrons. The minimum atomic E-state index is -0.641. The lowest BCUT2D eigenvalue weighted by atomic mass is 10.3. The van der Waals surface area contributed by atoms with Gasteiger partial charge in [0.25, 0.3) is 0 Å². The zero-order chi connectivity index (χ0) is 11.0. The summed E-state index contributed by atoms with van der Waals surface area (Å²) in [6.45, 7) is 1.66. The summed E-state index contributed by atoms with van der Waals surface area (Å²) in [4.78, 5) is 11.8. The topological polar surface area (TPSA) is 46.1 Å². The normalized spacial score (nSPS) is 18.1. The van der Waals surface area contributed by atoms with Crippen LogP contribution in [0.2, 0.25) is 0 Å². The Morgan fingerprint density at radius 1 is 1.31 bits per heavy atom. The van der Waals surface area contributed by atoms with E-state index in [1.165, 1.54) is 0 Å². The van der Waals surface area contributed by atoms with Crippen LogP contribution in [0, 0.1) is 0 Å². The Bertz CT molecular complexity index is 530. The van der Waals surface area contributed by atoms with E-state index in [9.17, 15) is 4.21 Å². The Kier molecular flexibility index (Phi) is 2.61. The van der Waals surface area contributed by atoms with Crippen molar-refractivity contribution in [3.63, 3.8) is 0 Å². The molecule has 3 rings (SSSR count). The second-order valence-corrected chi connectivity index (χ2v) is 6.26. The largest absolute Gasteiger partial charge is 0.354 e. The highest BCUT2D eigenvalue weighted by Gasteiger charge is 2.18. The Balaban J connectivity index is 1.99. The first-order valence-electron chi connectivity index (χ1n) is 5.13.